The van der Waals surface area contributed by atoms with Crippen LogP contribution in [0.1, 0.15) is 32.6 Å². The van der Waals surface area contributed by atoms with Crippen LogP contribution in [-0.4, -0.2) is 58.3 Å². The third kappa shape index (κ3) is 6.68. The lowest BCUT2D eigenvalue weighted by atomic mass is 10.3. The van der Waals surface area contributed by atoms with Gasteiger partial charge in [-0.1, -0.05) is 0 Å². The number of unbranched alkanes of at least 4 members (excludes halogenated alkanes) is 1. The molecular formula is C12H27N3O2S. The summed E-state index contributed by atoms with van der Waals surface area (Å²) in [7, 11) is 0.892. The van der Waals surface area contributed by atoms with E-state index in [4.69, 9.17) is 0 Å². The minimum absolute atomic E-state index is 0.355. The Balaban J connectivity index is 2.12. The summed E-state index contributed by atoms with van der Waals surface area (Å²) in [5.41, 5.74) is 0. The van der Waals surface area contributed by atoms with E-state index in [0.717, 1.165) is 19.4 Å². The van der Waals surface area contributed by atoms with Crippen molar-refractivity contribution in [2.45, 2.75) is 43.9 Å². The van der Waals surface area contributed by atoms with Gasteiger partial charge in [0.05, 0.1) is 5.25 Å². The monoisotopic (exact) mass is 277 g/mol. The molecule has 1 unspecified atom stereocenters. The SMILES string of the molecule is CC(CNC1CC1)S(=O)(=O)NCCCCN(C)C. The minimum atomic E-state index is -3.15. The maximum absolute atomic E-state index is 11.9. The van der Waals surface area contributed by atoms with Gasteiger partial charge in [0.15, 0.2) is 0 Å². The van der Waals surface area contributed by atoms with E-state index in [0.29, 0.717) is 19.1 Å². The summed E-state index contributed by atoms with van der Waals surface area (Å²) in [5, 5.41) is 2.90. The molecule has 1 aliphatic carbocycles. The molecule has 0 bridgehead atoms. The van der Waals surface area contributed by atoms with Crippen LogP contribution in [0.4, 0.5) is 0 Å². The predicted octanol–water partition coefficient (Wildman–Crippen LogP) is 0.388. The molecule has 0 amide bonds. The molecule has 0 saturated heterocycles. The van der Waals surface area contributed by atoms with Crippen LogP contribution in [0.15, 0.2) is 0 Å². The molecule has 1 rings (SSSR count). The van der Waals surface area contributed by atoms with Gasteiger partial charge in [-0.25, -0.2) is 13.1 Å². The van der Waals surface area contributed by atoms with Gasteiger partial charge in [-0.2, -0.15) is 0 Å². The molecule has 5 nitrogen and oxygen atoms in total. The Kier molecular flexibility index (Phi) is 6.55. The first kappa shape index (κ1) is 15.9. The molecule has 0 aromatic heterocycles. The van der Waals surface area contributed by atoms with E-state index in [9.17, 15) is 8.42 Å². The number of nitrogens with one attached hydrogen (secondary N) is 2. The molecule has 108 valence electrons. The van der Waals surface area contributed by atoms with Crippen molar-refractivity contribution in [1.82, 2.24) is 14.9 Å². The van der Waals surface area contributed by atoms with Crippen molar-refractivity contribution < 1.29 is 8.42 Å². The van der Waals surface area contributed by atoms with Crippen LogP contribution in [0.5, 0.6) is 0 Å². The summed E-state index contributed by atoms with van der Waals surface area (Å²) >= 11 is 0. The Morgan fingerprint density at radius 1 is 1.28 bits per heavy atom. The van der Waals surface area contributed by atoms with Gasteiger partial charge in [0, 0.05) is 19.1 Å². The first-order chi connectivity index (χ1) is 8.42. The second-order valence-electron chi connectivity index (χ2n) is 5.44. The normalized spacial score (nSPS) is 18.2. The second-order valence-corrected chi connectivity index (χ2v) is 7.63. The van der Waals surface area contributed by atoms with Crippen LogP contribution < -0.4 is 10.0 Å². The van der Waals surface area contributed by atoms with Crippen LogP contribution in [0.3, 0.4) is 0 Å². The first-order valence-electron chi connectivity index (χ1n) is 6.78. The molecule has 6 heteroatoms. The predicted molar refractivity (Wildman–Crippen MR) is 75.2 cm³/mol. The first-order valence-corrected chi connectivity index (χ1v) is 8.33. The zero-order valence-corrected chi connectivity index (χ0v) is 12.6. The van der Waals surface area contributed by atoms with Crippen molar-refractivity contribution in [3.63, 3.8) is 0 Å². The van der Waals surface area contributed by atoms with E-state index in [2.05, 4.69) is 14.9 Å². The molecule has 1 aliphatic rings. The molecule has 0 aliphatic heterocycles. The smallest absolute Gasteiger partial charge is 0.215 e. The summed E-state index contributed by atoms with van der Waals surface area (Å²) in [6.07, 6.45) is 4.28. The second kappa shape index (κ2) is 7.43. The molecule has 1 atom stereocenters. The van der Waals surface area contributed by atoms with Gasteiger partial charge in [0.1, 0.15) is 0 Å². The lowest BCUT2D eigenvalue weighted by Crippen LogP contribution is -2.40. The highest BCUT2D eigenvalue weighted by atomic mass is 32.2. The highest BCUT2D eigenvalue weighted by molar-refractivity contribution is 7.90. The highest BCUT2D eigenvalue weighted by Gasteiger charge is 2.25. The molecule has 2 N–H and O–H groups in total. The topological polar surface area (TPSA) is 61.4 Å². The molecule has 0 radical (unpaired) electrons. The van der Waals surface area contributed by atoms with E-state index in [-0.39, 0.29) is 5.25 Å². The van der Waals surface area contributed by atoms with Crippen LogP contribution in [-0.2, 0) is 10.0 Å². The van der Waals surface area contributed by atoms with Crippen molar-refractivity contribution in [3.8, 4) is 0 Å². The van der Waals surface area contributed by atoms with E-state index >= 15 is 0 Å². The standard InChI is InChI=1S/C12H27N3O2S/c1-11(10-13-12-6-7-12)18(16,17)14-8-4-5-9-15(2)3/h11-14H,4-10H2,1-3H3. The fraction of sp³-hybridized carbons (Fsp3) is 1.00. The van der Waals surface area contributed by atoms with Gasteiger partial charge in [0.2, 0.25) is 10.0 Å². The molecule has 1 fully saturated rings. The van der Waals surface area contributed by atoms with Crippen molar-refractivity contribution in [1.29, 1.82) is 0 Å². The highest BCUT2D eigenvalue weighted by Crippen LogP contribution is 2.18. The third-order valence-electron chi connectivity index (χ3n) is 3.14. The number of sulfonamides is 1. The Morgan fingerprint density at radius 2 is 1.94 bits per heavy atom. The summed E-state index contributed by atoms with van der Waals surface area (Å²) < 4.78 is 26.5. The number of nitrogens with zero attached hydrogens (tertiary/aromatic N) is 1. The van der Waals surface area contributed by atoms with Crippen LogP contribution in [0.25, 0.3) is 0 Å². The lowest BCUT2D eigenvalue weighted by Gasteiger charge is -2.15. The molecule has 1 saturated carbocycles. The van der Waals surface area contributed by atoms with Gasteiger partial charge in [-0.3, -0.25) is 0 Å². The average Bonchev–Trinajstić information content (AvgIpc) is 3.08. The lowest BCUT2D eigenvalue weighted by molar-refractivity contribution is 0.394. The van der Waals surface area contributed by atoms with Crippen molar-refractivity contribution in [3.05, 3.63) is 0 Å². The molecule has 0 spiro atoms. The van der Waals surface area contributed by atoms with Gasteiger partial charge in [-0.15, -0.1) is 0 Å². The largest absolute Gasteiger partial charge is 0.313 e. The molecular weight excluding hydrogens is 250 g/mol. The van der Waals surface area contributed by atoms with Crippen LogP contribution in [0, 0.1) is 0 Å². The average molecular weight is 277 g/mol. The number of hydrogen-bond acceptors (Lipinski definition) is 4. The fourth-order valence-corrected chi connectivity index (χ4v) is 2.67. The Bertz CT molecular complexity index is 326. The van der Waals surface area contributed by atoms with Crippen molar-refractivity contribution in [2.24, 2.45) is 0 Å². The van der Waals surface area contributed by atoms with E-state index in [1.807, 2.05) is 14.1 Å². The molecule has 0 heterocycles. The maximum atomic E-state index is 11.9. The summed E-state index contributed by atoms with van der Waals surface area (Å²) in [6.45, 7) is 3.86. The Morgan fingerprint density at radius 3 is 2.50 bits per heavy atom. The number of hydrogen-bond donors (Lipinski definition) is 2. The summed E-state index contributed by atoms with van der Waals surface area (Å²) in [5.74, 6) is 0. The van der Waals surface area contributed by atoms with Crippen LogP contribution in [0.2, 0.25) is 0 Å². The Hall–Kier alpha value is -0.170. The quantitative estimate of drug-likeness (QED) is 0.567. The third-order valence-corrected chi connectivity index (χ3v) is 4.97. The summed E-state index contributed by atoms with van der Waals surface area (Å²) in [6, 6.07) is 0.558. The van der Waals surface area contributed by atoms with Gasteiger partial charge in [-0.05, 0) is 53.2 Å². The zero-order valence-electron chi connectivity index (χ0n) is 11.8. The fourth-order valence-electron chi connectivity index (χ4n) is 1.64. The van der Waals surface area contributed by atoms with E-state index < -0.39 is 10.0 Å². The molecule has 18 heavy (non-hydrogen) atoms. The minimum Gasteiger partial charge on any atom is -0.313 e. The van der Waals surface area contributed by atoms with Crippen molar-refractivity contribution >= 4 is 10.0 Å². The van der Waals surface area contributed by atoms with Gasteiger partial charge in [0.25, 0.3) is 0 Å². The van der Waals surface area contributed by atoms with Gasteiger partial charge < -0.3 is 10.2 Å². The van der Waals surface area contributed by atoms with E-state index in [1.165, 1.54) is 12.8 Å². The molecule has 0 aromatic carbocycles. The summed E-state index contributed by atoms with van der Waals surface area (Å²) in [4.78, 5) is 2.11. The molecule has 0 aromatic rings. The number of rotatable bonds is 10. The maximum Gasteiger partial charge on any atom is 0.215 e. The van der Waals surface area contributed by atoms with Crippen molar-refractivity contribution in [2.75, 3.05) is 33.7 Å². The van der Waals surface area contributed by atoms with E-state index in [1.54, 1.807) is 6.92 Å². The van der Waals surface area contributed by atoms with Gasteiger partial charge >= 0.3 is 0 Å². The van der Waals surface area contributed by atoms with Crippen LogP contribution >= 0.6 is 0 Å². The Labute approximate surface area is 111 Å². The zero-order chi connectivity index (χ0) is 13.6.